The first kappa shape index (κ1) is 28.8. The maximum Gasteiger partial charge on any atom is 0.335 e. The largest absolute Gasteiger partial charge is 0.478 e. The van der Waals surface area contributed by atoms with Gasteiger partial charge >= 0.3 is 12.0 Å². The number of carboxylic acids is 1. The number of benzene rings is 3. The summed E-state index contributed by atoms with van der Waals surface area (Å²) >= 11 is 0. The minimum Gasteiger partial charge on any atom is -0.478 e. The number of fused-ring (bicyclic) bond motifs is 1. The quantitative estimate of drug-likeness (QED) is 0.184. The Hall–Kier alpha value is -5.31. The first-order valence-electron chi connectivity index (χ1n) is 13.6. The molecule has 0 atom stereocenters. The number of hydrogen-bond donors (Lipinski definition) is 1. The first-order chi connectivity index (χ1) is 21.2. The molecule has 0 unspecified atom stereocenters. The summed E-state index contributed by atoms with van der Waals surface area (Å²) in [5.41, 5.74) is 0.625. The minimum absolute atomic E-state index is 0.0206. The zero-order valence-electron chi connectivity index (χ0n) is 23.0. The zero-order valence-corrected chi connectivity index (χ0v) is 23.0. The number of aromatic carboxylic acids is 1. The van der Waals surface area contributed by atoms with Crippen LogP contribution in [0.3, 0.4) is 0 Å². The Kier molecular flexibility index (Phi) is 7.47. The van der Waals surface area contributed by atoms with Gasteiger partial charge in [-0.25, -0.2) is 27.9 Å². The number of carbonyl (C=O) groups is 1. The van der Waals surface area contributed by atoms with Crippen LogP contribution in [-0.4, -0.2) is 37.3 Å². The molecule has 0 bridgehead atoms. The summed E-state index contributed by atoms with van der Waals surface area (Å²) in [6, 6.07) is 13.6. The number of hydrogen-bond acceptors (Lipinski definition) is 6. The standard InChI is InChI=1S/C32H23F4N5O3/c33-16-32(6-7-32)17-41-28-12-19(30(42)43)3-4-27(28)39-29(41)13-22-24(35)10-21(11-25(22)36)26-5-8-38-31(40-26)44-15-20-2-1-18(14-37)9-23(20)34/h1-5,8-12H,6-7,13,15-17H2,(H,42,43). The van der Waals surface area contributed by atoms with Gasteiger partial charge in [-0.05, 0) is 61.4 Å². The molecule has 2 aromatic heterocycles. The molecule has 1 saturated carbocycles. The zero-order chi connectivity index (χ0) is 31.0. The van der Waals surface area contributed by atoms with Gasteiger partial charge < -0.3 is 14.4 Å². The van der Waals surface area contributed by atoms with Crippen molar-refractivity contribution < 1.29 is 32.2 Å². The van der Waals surface area contributed by atoms with Crippen LogP contribution >= 0.6 is 0 Å². The molecule has 3 aromatic carbocycles. The highest BCUT2D eigenvalue weighted by molar-refractivity contribution is 5.92. The predicted octanol–water partition coefficient (Wildman–Crippen LogP) is 6.40. The molecule has 8 nitrogen and oxygen atoms in total. The highest BCUT2D eigenvalue weighted by Gasteiger charge is 2.44. The Morgan fingerprint density at radius 3 is 2.45 bits per heavy atom. The van der Waals surface area contributed by atoms with E-state index in [4.69, 9.17) is 10.00 Å². The summed E-state index contributed by atoms with van der Waals surface area (Å²) in [4.78, 5) is 24.3. The van der Waals surface area contributed by atoms with Crippen molar-refractivity contribution >= 4 is 17.0 Å². The van der Waals surface area contributed by atoms with E-state index in [9.17, 15) is 18.7 Å². The van der Waals surface area contributed by atoms with E-state index < -0.39 is 35.5 Å². The molecular formula is C32H23F4N5O3. The van der Waals surface area contributed by atoms with E-state index in [1.54, 1.807) is 4.57 Å². The number of carboxylic acid groups (broad SMARTS) is 1. The number of halogens is 4. The molecule has 0 spiro atoms. The third-order valence-corrected chi connectivity index (χ3v) is 7.75. The number of nitrogens with zero attached hydrogens (tertiary/aromatic N) is 5. The molecule has 1 aliphatic rings. The molecule has 6 rings (SSSR count). The van der Waals surface area contributed by atoms with E-state index >= 15 is 8.78 Å². The van der Waals surface area contributed by atoms with Crippen molar-refractivity contribution in [2.24, 2.45) is 5.41 Å². The minimum atomic E-state index is -1.14. The summed E-state index contributed by atoms with van der Waals surface area (Å²) in [6.45, 7) is -0.605. The highest BCUT2D eigenvalue weighted by Crippen LogP contribution is 2.48. The van der Waals surface area contributed by atoms with E-state index in [2.05, 4.69) is 15.0 Å². The van der Waals surface area contributed by atoms with Gasteiger partial charge in [0, 0.05) is 41.3 Å². The maximum atomic E-state index is 15.5. The summed E-state index contributed by atoms with van der Waals surface area (Å²) in [6.07, 6.45) is 2.37. The van der Waals surface area contributed by atoms with Crippen molar-refractivity contribution in [1.29, 1.82) is 5.26 Å². The average Bonchev–Trinajstić information content (AvgIpc) is 3.72. The lowest BCUT2D eigenvalue weighted by molar-refractivity contribution is 0.0697. The van der Waals surface area contributed by atoms with Crippen LogP contribution < -0.4 is 4.74 Å². The lowest BCUT2D eigenvalue weighted by Crippen LogP contribution is -2.17. The molecule has 0 radical (unpaired) electrons. The van der Waals surface area contributed by atoms with Gasteiger partial charge in [-0.2, -0.15) is 10.2 Å². The van der Waals surface area contributed by atoms with Crippen LogP contribution in [0.2, 0.25) is 0 Å². The number of imidazole rings is 1. The van der Waals surface area contributed by atoms with Crippen LogP contribution in [0.5, 0.6) is 6.01 Å². The molecule has 5 aromatic rings. The van der Waals surface area contributed by atoms with E-state index in [0.717, 1.165) is 18.2 Å². The Morgan fingerprint density at radius 1 is 1.02 bits per heavy atom. The van der Waals surface area contributed by atoms with Crippen LogP contribution in [0.1, 0.15) is 45.7 Å². The molecule has 44 heavy (non-hydrogen) atoms. The van der Waals surface area contributed by atoms with Gasteiger partial charge in [-0.3, -0.25) is 4.39 Å². The second-order valence-corrected chi connectivity index (χ2v) is 10.8. The van der Waals surface area contributed by atoms with Crippen molar-refractivity contribution in [2.45, 2.75) is 32.4 Å². The molecule has 1 N–H and O–H groups in total. The van der Waals surface area contributed by atoms with Gasteiger partial charge in [0.2, 0.25) is 0 Å². The Bertz CT molecular complexity index is 1940. The fourth-order valence-corrected chi connectivity index (χ4v) is 4.99. The fourth-order valence-electron chi connectivity index (χ4n) is 4.99. The van der Waals surface area contributed by atoms with Crippen LogP contribution in [0.15, 0.2) is 60.8 Å². The summed E-state index contributed by atoms with van der Waals surface area (Å²) in [7, 11) is 0. The second kappa shape index (κ2) is 11.4. The average molecular weight is 602 g/mol. The van der Waals surface area contributed by atoms with E-state index in [0.29, 0.717) is 23.9 Å². The third-order valence-electron chi connectivity index (χ3n) is 7.75. The van der Waals surface area contributed by atoms with E-state index in [-0.39, 0.29) is 64.9 Å². The summed E-state index contributed by atoms with van der Waals surface area (Å²) in [5, 5.41) is 18.4. The summed E-state index contributed by atoms with van der Waals surface area (Å²) in [5.74, 6) is -3.22. The second-order valence-electron chi connectivity index (χ2n) is 10.8. The maximum absolute atomic E-state index is 15.5. The molecule has 1 aliphatic carbocycles. The number of alkyl halides is 1. The van der Waals surface area contributed by atoms with Crippen LogP contribution in [0, 0.1) is 34.2 Å². The topological polar surface area (TPSA) is 114 Å². The van der Waals surface area contributed by atoms with Crippen LogP contribution in [0.4, 0.5) is 17.6 Å². The van der Waals surface area contributed by atoms with Crippen molar-refractivity contribution in [3.8, 4) is 23.3 Å². The Balaban J connectivity index is 1.27. The predicted molar refractivity (Wildman–Crippen MR) is 150 cm³/mol. The lowest BCUT2D eigenvalue weighted by Gasteiger charge is -2.16. The number of ether oxygens (including phenoxy) is 1. The van der Waals surface area contributed by atoms with Gasteiger partial charge in [0.15, 0.2) is 0 Å². The van der Waals surface area contributed by atoms with Gasteiger partial charge in [-0.15, -0.1) is 0 Å². The smallest absolute Gasteiger partial charge is 0.335 e. The van der Waals surface area contributed by atoms with Crippen molar-refractivity contribution in [3.63, 3.8) is 0 Å². The molecule has 2 heterocycles. The Labute approximate surface area is 248 Å². The van der Waals surface area contributed by atoms with Crippen LogP contribution in [0.25, 0.3) is 22.3 Å². The highest BCUT2D eigenvalue weighted by atomic mass is 19.1. The third kappa shape index (κ3) is 5.68. The van der Waals surface area contributed by atoms with Crippen molar-refractivity contribution in [3.05, 3.63) is 106 Å². The van der Waals surface area contributed by atoms with Crippen molar-refractivity contribution in [1.82, 2.24) is 19.5 Å². The first-order valence-corrected chi connectivity index (χ1v) is 13.6. The molecule has 0 aliphatic heterocycles. The molecule has 0 saturated heterocycles. The van der Waals surface area contributed by atoms with Gasteiger partial charge in [-0.1, -0.05) is 6.07 Å². The van der Waals surface area contributed by atoms with Gasteiger partial charge in [0.25, 0.3) is 0 Å². The molecule has 1 fully saturated rings. The molecular weight excluding hydrogens is 578 g/mol. The normalized spacial score (nSPS) is 13.5. The number of nitriles is 1. The summed E-state index contributed by atoms with van der Waals surface area (Å²) < 4.78 is 66.1. The molecule has 222 valence electrons. The Morgan fingerprint density at radius 2 is 1.80 bits per heavy atom. The van der Waals surface area contributed by atoms with Crippen molar-refractivity contribution in [2.75, 3.05) is 6.67 Å². The van der Waals surface area contributed by atoms with Gasteiger partial charge in [0.1, 0.15) is 29.9 Å². The van der Waals surface area contributed by atoms with Crippen LogP contribution in [-0.2, 0) is 19.6 Å². The molecule has 12 heteroatoms. The monoisotopic (exact) mass is 601 g/mol. The van der Waals surface area contributed by atoms with E-state index in [1.807, 2.05) is 6.07 Å². The van der Waals surface area contributed by atoms with Gasteiger partial charge in [0.05, 0.1) is 40.6 Å². The lowest BCUT2D eigenvalue weighted by atomic mass is 10.0. The van der Waals surface area contributed by atoms with E-state index in [1.165, 1.54) is 42.6 Å². The number of rotatable bonds is 10. The number of aromatic nitrogens is 4. The fraction of sp³-hybridized carbons (Fsp3) is 0.219. The molecule has 0 amide bonds. The SMILES string of the molecule is N#Cc1ccc(COc2nccc(-c3cc(F)c(Cc4nc5ccc(C(=O)O)cc5n4CC4(CF)CC4)c(F)c3)n2)c(F)c1.